The second kappa shape index (κ2) is 17.3. The second-order valence-corrected chi connectivity index (χ2v) is 5.85. The predicted molar refractivity (Wildman–Crippen MR) is 91.5 cm³/mol. The fraction of sp³-hybridized carbons (Fsp3) is 0.842. The molecule has 0 fully saturated rings. The highest BCUT2D eigenvalue weighted by Crippen LogP contribution is 2.09. The van der Waals surface area contributed by atoms with Gasteiger partial charge < -0.3 is 4.74 Å². The van der Waals surface area contributed by atoms with Crippen molar-refractivity contribution in [1.82, 2.24) is 0 Å². The molecule has 0 heterocycles. The smallest absolute Gasteiger partial charge is 0.305 e. The van der Waals surface area contributed by atoms with Gasteiger partial charge >= 0.3 is 5.97 Å². The minimum absolute atomic E-state index is 0.0153. The van der Waals surface area contributed by atoms with Crippen LogP contribution in [0.2, 0.25) is 0 Å². The average Bonchev–Trinajstić information content (AvgIpc) is 2.48. The van der Waals surface area contributed by atoms with Gasteiger partial charge in [0.15, 0.2) is 0 Å². The molecule has 124 valence electrons. The Morgan fingerprint density at radius 1 is 0.762 bits per heavy atom. The molecule has 0 spiro atoms. The third-order valence-electron chi connectivity index (χ3n) is 3.65. The van der Waals surface area contributed by atoms with Crippen molar-refractivity contribution < 1.29 is 9.53 Å². The van der Waals surface area contributed by atoms with Gasteiger partial charge in [-0.25, -0.2) is 0 Å². The molecule has 0 aromatic heterocycles. The van der Waals surface area contributed by atoms with Crippen molar-refractivity contribution in [3.05, 3.63) is 12.2 Å². The van der Waals surface area contributed by atoms with Gasteiger partial charge in [0.05, 0.1) is 6.61 Å². The van der Waals surface area contributed by atoms with Crippen LogP contribution in [0.25, 0.3) is 0 Å². The molecule has 2 heteroatoms. The van der Waals surface area contributed by atoms with E-state index in [1.807, 2.05) is 0 Å². The summed E-state index contributed by atoms with van der Waals surface area (Å²) in [5.74, 6) is -0.0153. The van der Waals surface area contributed by atoms with Crippen LogP contribution in [0.3, 0.4) is 0 Å². The topological polar surface area (TPSA) is 26.3 Å². The summed E-state index contributed by atoms with van der Waals surface area (Å²) in [6.45, 7) is 4.95. The van der Waals surface area contributed by atoms with Gasteiger partial charge in [-0.1, -0.05) is 64.5 Å². The maximum absolute atomic E-state index is 11.4. The lowest BCUT2D eigenvalue weighted by Gasteiger charge is -2.03. The van der Waals surface area contributed by atoms with Gasteiger partial charge in [0, 0.05) is 6.42 Å². The molecule has 0 rings (SSSR count). The molecular formula is C19H36O2. The van der Waals surface area contributed by atoms with Gasteiger partial charge in [-0.3, -0.25) is 4.79 Å². The summed E-state index contributed by atoms with van der Waals surface area (Å²) in [6.07, 6.45) is 19.7. The normalized spacial score (nSPS) is 11.1. The fourth-order valence-electron chi connectivity index (χ4n) is 2.21. The first-order chi connectivity index (χ1) is 10.3. The van der Waals surface area contributed by atoms with Crippen molar-refractivity contribution in [3.63, 3.8) is 0 Å². The number of unbranched alkanes of at least 4 members (excludes halogenated alkanes) is 9. The Balaban J connectivity index is 3.16. The number of ether oxygens (including phenoxy) is 1. The predicted octanol–water partition coefficient (Wildman–Crippen LogP) is 6.20. The van der Waals surface area contributed by atoms with Crippen LogP contribution >= 0.6 is 0 Å². The van der Waals surface area contributed by atoms with Crippen LogP contribution in [-0.2, 0) is 9.53 Å². The lowest BCUT2D eigenvalue weighted by Crippen LogP contribution is -2.05. The van der Waals surface area contributed by atoms with Crippen molar-refractivity contribution >= 4 is 5.97 Å². The molecule has 0 radical (unpaired) electrons. The Bertz CT molecular complexity index is 246. The molecule has 0 saturated carbocycles. The Hall–Kier alpha value is -0.790. The van der Waals surface area contributed by atoms with Gasteiger partial charge in [-0.2, -0.15) is 0 Å². The van der Waals surface area contributed by atoms with E-state index in [2.05, 4.69) is 26.0 Å². The second-order valence-electron chi connectivity index (χ2n) is 5.85. The summed E-state index contributed by atoms with van der Waals surface area (Å²) in [7, 11) is 0. The third-order valence-corrected chi connectivity index (χ3v) is 3.65. The Kier molecular flexibility index (Phi) is 16.6. The zero-order chi connectivity index (χ0) is 15.6. The summed E-state index contributed by atoms with van der Waals surface area (Å²) in [5.41, 5.74) is 0. The van der Waals surface area contributed by atoms with E-state index < -0.39 is 0 Å². The Morgan fingerprint density at radius 2 is 1.33 bits per heavy atom. The molecule has 0 unspecified atom stereocenters. The van der Waals surface area contributed by atoms with Crippen LogP contribution in [0.5, 0.6) is 0 Å². The average molecular weight is 296 g/mol. The van der Waals surface area contributed by atoms with E-state index in [0.717, 1.165) is 25.7 Å². The standard InChI is InChI=1S/C19H36O2/c1-3-5-7-8-9-10-11-12-13-14-15-16-17-19(20)21-18-6-4-2/h9-10H,3-8,11-18H2,1-2H3/b10-9+. The monoisotopic (exact) mass is 296 g/mol. The first-order valence-corrected chi connectivity index (χ1v) is 9.11. The molecule has 0 N–H and O–H groups in total. The summed E-state index contributed by atoms with van der Waals surface area (Å²) >= 11 is 0. The largest absolute Gasteiger partial charge is 0.466 e. The van der Waals surface area contributed by atoms with Gasteiger partial charge in [-0.15, -0.1) is 0 Å². The highest BCUT2D eigenvalue weighted by Gasteiger charge is 2.01. The number of rotatable bonds is 15. The summed E-state index contributed by atoms with van der Waals surface area (Å²) in [5, 5.41) is 0. The number of hydrogen-bond acceptors (Lipinski definition) is 2. The van der Waals surface area contributed by atoms with Gasteiger partial charge in [0.1, 0.15) is 0 Å². The van der Waals surface area contributed by atoms with E-state index in [-0.39, 0.29) is 5.97 Å². The molecule has 0 bridgehead atoms. The van der Waals surface area contributed by atoms with E-state index >= 15 is 0 Å². The van der Waals surface area contributed by atoms with Gasteiger partial charge in [0.25, 0.3) is 0 Å². The van der Waals surface area contributed by atoms with E-state index in [4.69, 9.17) is 4.74 Å². The lowest BCUT2D eigenvalue weighted by molar-refractivity contribution is -0.143. The molecule has 0 saturated heterocycles. The summed E-state index contributed by atoms with van der Waals surface area (Å²) in [4.78, 5) is 11.4. The van der Waals surface area contributed by atoms with Crippen molar-refractivity contribution in [2.75, 3.05) is 6.61 Å². The molecule has 0 aliphatic heterocycles. The molecule has 2 nitrogen and oxygen atoms in total. The SMILES string of the molecule is CCCCC/C=C/CCCCCCCC(=O)OCCCC. The van der Waals surface area contributed by atoms with Crippen molar-refractivity contribution in [2.24, 2.45) is 0 Å². The molecule has 0 atom stereocenters. The first kappa shape index (κ1) is 20.2. The van der Waals surface area contributed by atoms with Crippen LogP contribution < -0.4 is 0 Å². The van der Waals surface area contributed by atoms with E-state index in [0.29, 0.717) is 13.0 Å². The third kappa shape index (κ3) is 17.2. The van der Waals surface area contributed by atoms with Crippen LogP contribution in [-0.4, -0.2) is 12.6 Å². The Labute approximate surface area is 132 Å². The highest BCUT2D eigenvalue weighted by atomic mass is 16.5. The minimum atomic E-state index is -0.0153. The molecular weight excluding hydrogens is 260 g/mol. The van der Waals surface area contributed by atoms with E-state index in [9.17, 15) is 4.79 Å². The zero-order valence-electron chi connectivity index (χ0n) is 14.4. The van der Waals surface area contributed by atoms with E-state index in [1.165, 1.54) is 51.4 Å². The van der Waals surface area contributed by atoms with Crippen LogP contribution in [0.15, 0.2) is 12.2 Å². The number of allylic oxidation sites excluding steroid dienone is 2. The quantitative estimate of drug-likeness (QED) is 0.204. The van der Waals surface area contributed by atoms with Crippen LogP contribution in [0.1, 0.15) is 97.3 Å². The molecule has 0 aliphatic carbocycles. The van der Waals surface area contributed by atoms with Crippen LogP contribution in [0, 0.1) is 0 Å². The maximum atomic E-state index is 11.4. The van der Waals surface area contributed by atoms with Gasteiger partial charge in [0.2, 0.25) is 0 Å². The fourth-order valence-corrected chi connectivity index (χ4v) is 2.21. The molecule has 0 aliphatic rings. The first-order valence-electron chi connectivity index (χ1n) is 9.11. The van der Waals surface area contributed by atoms with E-state index in [1.54, 1.807) is 0 Å². The number of carbonyl (C=O) groups is 1. The number of esters is 1. The van der Waals surface area contributed by atoms with Gasteiger partial charge in [-0.05, 0) is 38.5 Å². The summed E-state index contributed by atoms with van der Waals surface area (Å²) in [6, 6.07) is 0. The van der Waals surface area contributed by atoms with Crippen molar-refractivity contribution in [2.45, 2.75) is 97.3 Å². The van der Waals surface area contributed by atoms with Crippen LogP contribution in [0.4, 0.5) is 0 Å². The summed E-state index contributed by atoms with van der Waals surface area (Å²) < 4.78 is 5.13. The molecule has 21 heavy (non-hydrogen) atoms. The van der Waals surface area contributed by atoms with Crippen molar-refractivity contribution in [3.8, 4) is 0 Å². The highest BCUT2D eigenvalue weighted by molar-refractivity contribution is 5.69. The molecule has 0 amide bonds. The molecule has 0 aromatic rings. The minimum Gasteiger partial charge on any atom is -0.466 e. The Morgan fingerprint density at radius 3 is 2.00 bits per heavy atom. The van der Waals surface area contributed by atoms with Crippen molar-refractivity contribution in [1.29, 1.82) is 0 Å². The lowest BCUT2D eigenvalue weighted by atomic mass is 10.1. The number of hydrogen-bond donors (Lipinski definition) is 0. The maximum Gasteiger partial charge on any atom is 0.305 e. The number of carbonyl (C=O) groups excluding carboxylic acids is 1. The molecule has 0 aromatic carbocycles. The zero-order valence-corrected chi connectivity index (χ0v) is 14.4.